The Bertz CT molecular complexity index is 779. The van der Waals surface area contributed by atoms with Crippen LogP contribution in [0.5, 0.6) is 0 Å². The van der Waals surface area contributed by atoms with Gasteiger partial charge in [-0.05, 0) is 25.0 Å². The zero-order valence-electron chi connectivity index (χ0n) is 13.8. The molecule has 3 aromatic rings. The molecule has 1 saturated heterocycles. The van der Waals surface area contributed by atoms with E-state index in [0.29, 0.717) is 12.5 Å². The SMILES string of the molecule is Cn1c(Cn2ccnc2)nnc1[C@@H]1CCCN(c2ccncc2)C1. The van der Waals surface area contributed by atoms with Gasteiger partial charge in [0.05, 0.1) is 12.9 Å². The summed E-state index contributed by atoms with van der Waals surface area (Å²) in [4.78, 5) is 10.6. The summed E-state index contributed by atoms with van der Waals surface area (Å²) < 4.78 is 4.15. The normalized spacial score (nSPS) is 18.0. The lowest BCUT2D eigenvalue weighted by Gasteiger charge is -2.33. The average molecular weight is 323 g/mol. The second-order valence-corrected chi connectivity index (χ2v) is 6.26. The molecule has 24 heavy (non-hydrogen) atoms. The summed E-state index contributed by atoms with van der Waals surface area (Å²) in [6.07, 6.45) is 11.6. The van der Waals surface area contributed by atoms with Crippen molar-refractivity contribution in [2.45, 2.75) is 25.3 Å². The maximum absolute atomic E-state index is 4.49. The molecule has 0 unspecified atom stereocenters. The predicted molar refractivity (Wildman–Crippen MR) is 90.8 cm³/mol. The molecule has 3 aromatic heterocycles. The first kappa shape index (κ1) is 14.9. The summed E-state index contributed by atoms with van der Waals surface area (Å²) in [5.41, 5.74) is 1.23. The van der Waals surface area contributed by atoms with Gasteiger partial charge in [-0.3, -0.25) is 4.98 Å². The van der Waals surface area contributed by atoms with Gasteiger partial charge in [-0.2, -0.15) is 0 Å². The van der Waals surface area contributed by atoms with Crippen LogP contribution >= 0.6 is 0 Å². The van der Waals surface area contributed by atoms with E-state index in [2.05, 4.69) is 48.8 Å². The van der Waals surface area contributed by atoms with Crippen molar-refractivity contribution in [2.75, 3.05) is 18.0 Å². The van der Waals surface area contributed by atoms with Crippen molar-refractivity contribution in [3.8, 4) is 0 Å². The number of aromatic nitrogens is 6. The number of piperidine rings is 1. The first-order chi connectivity index (χ1) is 11.8. The largest absolute Gasteiger partial charge is 0.371 e. The highest BCUT2D eigenvalue weighted by molar-refractivity contribution is 5.45. The molecule has 1 fully saturated rings. The van der Waals surface area contributed by atoms with Crippen molar-refractivity contribution in [1.82, 2.24) is 29.3 Å². The number of nitrogens with zero attached hydrogens (tertiary/aromatic N) is 7. The van der Waals surface area contributed by atoms with Gasteiger partial charge in [0.15, 0.2) is 5.82 Å². The van der Waals surface area contributed by atoms with Crippen LogP contribution in [-0.2, 0) is 13.6 Å². The molecule has 4 rings (SSSR count). The quantitative estimate of drug-likeness (QED) is 0.733. The Morgan fingerprint density at radius 3 is 2.79 bits per heavy atom. The molecule has 7 heteroatoms. The molecule has 0 bridgehead atoms. The average Bonchev–Trinajstić information content (AvgIpc) is 3.27. The fourth-order valence-electron chi connectivity index (χ4n) is 3.39. The van der Waals surface area contributed by atoms with E-state index in [0.717, 1.165) is 37.6 Å². The third kappa shape index (κ3) is 2.89. The van der Waals surface area contributed by atoms with E-state index in [4.69, 9.17) is 0 Å². The standard InChI is InChI=1S/C17H21N7/c1-22-16(12-23-10-8-19-13-23)20-21-17(22)14-3-2-9-24(11-14)15-4-6-18-7-5-15/h4-8,10,13-14H,2-3,9,11-12H2,1H3/t14-/m1/s1. The number of hydrogen-bond donors (Lipinski definition) is 0. The third-order valence-corrected chi connectivity index (χ3v) is 4.70. The second kappa shape index (κ2) is 6.43. The van der Waals surface area contributed by atoms with Gasteiger partial charge in [-0.25, -0.2) is 4.98 Å². The van der Waals surface area contributed by atoms with Gasteiger partial charge in [0.25, 0.3) is 0 Å². The Morgan fingerprint density at radius 2 is 2.00 bits per heavy atom. The van der Waals surface area contributed by atoms with E-state index in [1.807, 2.05) is 23.2 Å². The highest BCUT2D eigenvalue weighted by Gasteiger charge is 2.26. The molecule has 1 aliphatic rings. The molecule has 124 valence electrons. The Morgan fingerprint density at radius 1 is 1.12 bits per heavy atom. The Kier molecular flexibility index (Phi) is 3.98. The van der Waals surface area contributed by atoms with Crippen LogP contribution in [0.15, 0.2) is 43.2 Å². The summed E-state index contributed by atoms with van der Waals surface area (Å²) in [6, 6.07) is 4.15. The maximum Gasteiger partial charge on any atom is 0.152 e. The van der Waals surface area contributed by atoms with Crippen molar-refractivity contribution in [3.63, 3.8) is 0 Å². The monoisotopic (exact) mass is 323 g/mol. The minimum atomic E-state index is 0.404. The summed E-state index contributed by atoms with van der Waals surface area (Å²) in [6.45, 7) is 2.76. The van der Waals surface area contributed by atoms with Crippen molar-refractivity contribution in [1.29, 1.82) is 0 Å². The van der Waals surface area contributed by atoms with E-state index >= 15 is 0 Å². The first-order valence-electron chi connectivity index (χ1n) is 8.30. The van der Waals surface area contributed by atoms with Gasteiger partial charge in [0.2, 0.25) is 0 Å². The molecule has 0 N–H and O–H groups in total. The minimum absolute atomic E-state index is 0.404. The summed E-state index contributed by atoms with van der Waals surface area (Å²) in [5.74, 6) is 2.44. The van der Waals surface area contributed by atoms with Crippen LogP contribution in [0.3, 0.4) is 0 Å². The Balaban J connectivity index is 1.52. The van der Waals surface area contributed by atoms with Gasteiger partial charge in [0, 0.05) is 56.5 Å². The molecular weight excluding hydrogens is 302 g/mol. The van der Waals surface area contributed by atoms with Gasteiger partial charge in [-0.1, -0.05) is 0 Å². The van der Waals surface area contributed by atoms with Crippen molar-refractivity contribution in [2.24, 2.45) is 7.05 Å². The van der Waals surface area contributed by atoms with E-state index < -0.39 is 0 Å². The first-order valence-corrected chi connectivity index (χ1v) is 8.30. The highest BCUT2D eigenvalue weighted by atomic mass is 15.3. The highest BCUT2D eigenvalue weighted by Crippen LogP contribution is 2.28. The van der Waals surface area contributed by atoms with E-state index in [-0.39, 0.29) is 0 Å². The van der Waals surface area contributed by atoms with Gasteiger partial charge in [-0.15, -0.1) is 10.2 Å². The smallest absolute Gasteiger partial charge is 0.152 e. The minimum Gasteiger partial charge on any atom is -0.371 e. The number of imidazole rings is 1. The number of anilines is 1. The van der Waals surface area contributed by atoms with Gasteiger partial charge in [0.1, 0.15) is 5.82 Å². The number of hydrogen-bond acceptors (Lipinski definition) is 5. The van der Waals surface area contributed by atoms with Crippen LogP contribution in [0.2, 0.25) is 0 Å². The second-order valence-electron chi connectivity index (χ2n) is 6.26. The zero-order chi connectivity index (χ0) is 16.4. The molecule has 0 saturated carbocycles. The van der Waals surface area contributed by atoms with Crippen LogP contribution in [-0.4, -0.2) is 42.4 Å². The van der Waals surface area contributed by atoms with Crippen LogP contribution < -0.4 is 4.90 Å². The van der Waals surface area contributed by atoms with Gasteiger partial charge < -0.3 is 14.0 Å². The molecule has 0 amide bonds. The zero-order valence-corrected chi connectivity index (χ0v) is 13.8. The Labute approximate surface area is 141 Å². The predicted octanol–water partition coefficient (Wildman–Crippen LogP) is 1.84. The lowest BCUT2D eigenvalue weighted by Crippen LogP contribution is -2.35. The molecule has 0 aliphatic carbocycles. The van der Waals surface area contributed by atoms with E-state index in [1.54, 1.807) is 12.5 Å². The maximum atomic E-state index is 4.49. The van der Waals surface area contributed by atoms with Gasteiger partial charge >= 0.3 is 0 Å². The van der Waals surface area contributed by atoms with Crippen molar-refractivity contribution < 1.29 is 0 Å². The molecule has 1 aliphatic heterocycles. The molecule has 7 nitrogen and oxygen atoms in total. The van der Waals surface area contributed by atoms with Crippen molar-refractivity contribution >= 4 is 5.69 Å². The lowest BCUT2D eigenvalue weighted by atomic mass is 9.96. The molecule has 0 aromatic carbocycles. The fraction of sp³-hybridized carbons (Fsp3) is 0.412. The Hall–Kier alpha value is -2.70. The topological polar surface area (TPSA) is 64.7 Å². The molecule has 4 heterocycles. The summed E-state index contributed by atoms with van der Waals surface area (Å²) in [5, 5.41) is 8.89. The third-order valence-electron chi connectivity index (χ3n) is 4.70. The van der Waals surface area contributed by atoms with E-state index in [1.165, 1.54) is 5.69 Å². The van der Waals surface area contributed by atoms with E-state index in [9.17, 15) is 0 Å². The fourth-order valence-corrected chi connectivity index (χ4v) is 3.39. The summed E-state index contributed by atoms with van der Waals surface area (Å²) >= 11 is 0. The number of pyridine rings is 1. The molecular formula is C17H21N7. The van der Waals surface area contributed by atoms with Crippen LogP contribution in [0, 0.1) is 0 Å². The lowest BCUT2D eigenvalue weighted by molar-refractivity contribution is 0.478. The van der Waals surface area contributed by atoms with Crippen molar-refractivity contribution in [3.05, 3.63) is 54.9 Å². The molecule has 0 radical (unpaired) electrons. The molecule has 1 atom stereocenters. The van der Waals surface area contributed by atoms with Crippen LogP contribution in [0.1, 0.15) is 30.4 Å². The summed E-state index contributed by atoms with van der Waals surface area (Å²) in [7, 11) is 2.06. The van der Waals surface area contributed by atoms with Crippen LogP contribution in [0.25, 0.3) is 0 Å². The number of rotatable bonds is 4. The molecule has 0 spiro atoms. The van der Waals surface area contributed by atoms with Crippen LogP contribution in [0.4, 0.5) is 5.69 Å².